The molecule has 0 spiro atoms. The highest BCUT2D eigenvalue weighted by Gasteiger charge is 2.09. The molecule has 4 heteroatoms. The predicted octanol–water partition coefficient (Wildman–Crippen LogP) is 1.24. The van der Waals surface area contributed by atoms with Crippen molar-refractivity contribution in [1.82, 2.24) is 0 Å². The van der Waals surface area contributed by atoms with Gasteiger partial charge in [-0.05, 0) is 31.9 Å². The second kappa shape index (κ2) is 5.84. The summed E-state index contributed by atoms with van der Waals surface area (Å²) in [4.78, 5) is 4.34. The normalized spacial score (nSPS) is 12.6. The molecular weight excluding hydrogens is 206 g/mol. The van der Waals surface area contributed by atoms with Crippen molar-refractivity contribution >= 4 is 0 Å². The highest BCUT2D eigenvalue weighted by atomic mass is 16.6. The molecule has 4 nitrogen and oxygen atoms in total. The van der Waals surface area contributed by atoms with Crippen LogP contribution in [0.2, 0.25) is 0 Å². The van der Waals surface area contributed by atoms with E-state index >= 15 is 0 Å². The molecule has 0 aliphatic carbocycles. The van der Waals surface area contributed by atoms with E-state index in [-0.39, 0.29) is 13.2 Å². The number of aliphatic hydroxyl groups excluding tert-OH is 1. The number of nitrogens with two attached hydrogens (primary N) is 1. The Morgan fingerprint density at radius 1 is 1.19 bits per heavy atom. The summed E-state index contributed by atoms with van der Waals surface area (Å²) in [5.41, 5.74) is 3.34. The van der Waals surface area contributed by atoms with Gasteiger partial charge in [-0.25, -0.2) is 5.90 Å². The molecule has 1 rings (SSSR count). The van der Waals surface area contributed by atoms with Gasteiger partial charge in [0.1, 0.15) is 18.5 Å². The van der Waals surface area contributed by atoms with E-state index in [4.69, 9.17) is 10.6 Å². The highest BCUT2D eigenvalue weighted by molar-refractivity contribution is 5.42. The number of aliphatic hydroxyl groups is 1. The average molecular weight is 225 g/mol. The standard InChI is InChI=1S/C12H19NO3/c1-8-4-9(2)12(10(3)5-8)15-6-11(14)7-16-13/h4-5,11,14H,6-7,13H2,1-3H3. The van der Waals surface area contributed by atoms with E-state index in [0.717, 1.165) is 16.9 Å². The van der Waals surface area contributed by atoms with Gasteiger partial charge in [-0.3, -0.25) is 0 Å². The van der Waals surface area contributed by atoms with Gasteiger partial charge in [0.15, 0.2) is 0 Å². The summed E-state index contributed by atoms with van der Waals surface area (Å²) in [6, 6.07) is 4.10. The van der Waals surface area contributed by atoms with Crippen LogP contribution in [0.1, 0.15) is 16.7 Å². The molecule has 16 heavy (non-hydrogen) atoms. The van der Waals surface area contributed by atoms with Gasteiger partial charge in [-0.2, -0.15) is 0 Å². The molecule has 1 atom stereocenters. The van der Waals surface area contributed by atoms with Crippen LogP contribution in [0.25, 0.3) is 0 Å². The van der Waals surface area contributed by atoms with Gasteiger partial charge >= 0.3 is 0 Å². The van der Waals surface area contributed by atoms with E-state index in [1.165, 1.54) is 5.56 Å². The number of ether oxygens (including phenoxy) is 1. The van der Waals surface area contributed by atoms with Gasteiger partial charge in [0.2, 0.25) is 0 Å². The Hall–Kier alpha value is -1.10. The SMILES string of the molecule is Cc1cc(C)c(OCC(O)CON)c(C)c1. The lowest BCUT2D eigenvalue weighted by Crippen LogP contribution is -2.25. The fraction of sp³-hybridized carbons (Fsp3) is 0.500. The molecule has 1 aromatic carbocycles. The molecule has 0 aliphatic heterocycles. The lowest BCUT2D eigenvalue weighted by atomic mass is 10.1. The summed E-state index contributed by atoms with van der Waals surface area (Å²) in [6.45, 7) is 6.27. The van der Waals surface area contributed by atoms with Crippen molar-refractivity contribution in [3.63, 3.8) is 0 Å². The van der Waals surface area contributed by atoms with Crippen molar-refractivity contribution in [3.8, 4) is 5.75 Å². The number of aryl methyl sites for hydroxylation is 3. The first-order valence-electron chi connectivity index (χ1n) is 5.25. The topological polar surface area (TPSA) is 64.7 Å². The first-order valence-corrected chi connectivity index (χ1v) is 5.25. The third-order valence-corrected chi connectivity index (χ3v) is 2.31. The molecule has 0 radical (unpaired) electrons. The minimum absolute atomic E-state index is 0.0734. The summed E-state index contributed by atoms with van der Waals surface area (Å²) < 4.78 is 5.55. The molecule has 0 saturated heterocycles. The maximum atomic E-state index is 9.42. The molecule has 0 aliphatic rings. The summed E-state index contributed by atoms with van der Waals surface area (Å²) in [6.07, 6.45) is -0.704. The Labute approximate surface area is 95.9 Å². The third kappa shape index (κ3) is 3.48. The second-order valence-corrected chi connectivity index (χ2v) is 4.03. The average Bonchev–Trinajstić information content (AvgIpc) is 2.16. The van der Waals surface area contributed by atoms with E-state index in [1.807, 2.05) is 32.9 Å². The number of rotatable bonds is 5. The molecule has 1 unspecified atom stereocenters. The second-order valence-electron chi connectivity index (χ2n) is 4.03. The van der Waals surface area contributed by atoms with E-state index in [1.54, 1.807) is 0 Å². The fourth-order valence-electron chi connectivity index (χ4n) is 1.73. The van der Waals surface area contributed by atoms with Crippen LogP contribution in [-0.4, -0.2) is 24.4 Å². The molecule has 3 N–H and O–H groups in total. The predicted molar refractivity (Wildman–Crippen MR) is 62.3 cm³/mol. The van der Waals surface area contributed by atoms with Crippen LogP contribution < -0.4 is 10.6 Å². The molecular formula is C12H19NO3. The number of hydrogen-bond acceptors (Lipinski definition) is 4. The molecule has 90 valence electrons. The van der Waals surface area contributed by atoms with E-state index in [9.17, 15) is 5.11 Å². The monoisotopic (exact) mass is 225 g/mol. The largest absolute Gasteiger partial charge is 0.490 e. The van der Waals surface area contributed by atoms with E-state index < -0.39 is 6.10 Å². The summed E-state index contributed by atoms with van der Waals surface area (Å²) in [5.74, 6) is 5.68. The maximum absolute atomic E-state index is 9.42. The van der Waals surface area contributed by atoms with Gasteiger partial charge in [-0.15, -0.1) is 0 Å². The van der Waals surface area contributed by atoms with Crippen LogP contribution in [-0.2, 0) is 4.84 Å². The van der Waals surface area contributed by atoms with Crippen LogP contribution in [0, 0.1) is 20.8 Å². The summed E-state index contributed by atoms with van der Waals surface area (Å²) in [7, 11) is 0. The quantitative estimate of drug-likeness (QED) is 0.740. The lowest BCUT2D eigenvalue weighted by molar-refractivity contribution is 0.0113. The van der Waals surface area contributed by atoms with Crippen LogP contribution in [0.3, 0.4) is 0 Å². The smallest absolute Gasteiger partial charge is 0.125 e. The van der Waals surface area contributed by atoms with Gasteiger partial charge in [0, 0.05) is 0 Å². The first-order chi connectivity index (χ1) is 7.54. The van der Waals surface area contributed by atoms with Gasteiger partial charge in [-0.1, -0.05) is 17.7 Å². The van der Waals surface area contributed by atoms with Crippen LogP contribution in [0.4, 0.5) is 0 Å². The van der Waals surface area contributed by atoms with Crippen molar-refractivity contribution in [2.24, 2.45) is 5.90 Å². The van der Waals surface area contributed by atoms with E-state index in [2.05, 4.69) is 4.84 Å². The number of hydrogen-bond donors (Lipinski definition) is 2. The first kappa shape index (κ1) is 13.0. The van der Waals surface area contributed by atoms with Gasteiger partial charge in [0.25, 0.3) is 0 Å². The molecule has 0 amide bonds. The fourth-order valence-corrected chi connectivity index (χ4v) is 1.73. The Balaban J connectivity index is 2.67. The Bertz CT molecular complexity index is 329. The Morgan fingerprint density at radius 2 is 1.75 bits per heavy atom. The zero-order valence-electron chi connectivity index (χ0n) is 9.99. The molecule has 0 fully saturated rings. The Morgan fingerprint density at radius 3 is 2.25 bits per heavy atom. The summed E-state index contributed by atoms with van der Waals surface area (Å²) in [5, 5.41) is 9.42. The van der Waals surface area contributed by atoms with Crippen molar-refractivity contribution in [1.29, 1.82) is 0 Å². The molecule has 0 bridgehead atoms. The van der Waals surface area contributed by atoms with Crippen molar-refractivity contribution in [2.75, 3.05) is 13.2 Å². The van der Waals surface area contributed by atoms with Crippen LogP contribution in [0.5, 0.6) is 5.75 Å². The summed E-state index contributed by atoms with van der Waals surface area (Å²) >= 11 is 0. The van der Waals surface area contributed by atoms with Crippen molar-refractivity contribution < 1.29 is 14.7 Å². The highest BCUT2D eigenvalue weighted by Crippen LogP contribution is 2.24. The minimum Gasteiger partial charge on any atom is -0.490 e. The lowest BCUT2D eigenvalue weighted by Gasteiger charge is -2.15. The third-order valence-electron chi connectivity index (χ3n) is 2.31. The van der Waals surface area contributed by atoms with E-state index in [0.29, 0.717) is 0 Å². The molecule has 0 aromatic heterocycles. The van der Waals surface area contributed by atoms with Crippen LogP contribution >= 0.6 is 0 Å². The molecule has 1 aromatic rings. The zero-order chi connectivity index (χ0) is 12.1. The molecule has 0 heterocycles. The van der Waals surface area contributed by atoms with Crippen molar-refractivity contribution in [3.05, 3.63) is 28.8 Å². The Kier molecular flexibility index (Phi) is 4.73. The zero-order valence-corrected chi connectivity index (χ0v) is 9.99. The number of benzene rings is 1. The maximum Gasteiger partial charge on any atom is 0.125 e. The van der Waals surface area contributed by atoms with Gasteiger partial charge < -0.3 is 14.7 Å². The van der Waals surface area contributed by atoms with Crippen molar-refractivity contribution in [2.45, 2.75) is 26.9 Å². The van der Waals surface area contributed by atoms with Gasteiger partial charge in [0.05, 0.1) is 6.61 Å². The minimum atomic E-state index is -0.704. The molecule has 0 saturated carbocycles. The van der Waals surface area contributed by atoms with Crippen LogP contribution in [0.15, 0.2) is 12.1 Å².